The molecule has 42 heavy (non-hydrogen) atoms. The first kappa shape index (κ1) is 28.6. The Bertz CT molecular complexity index is 1780. The highest BCUT2D eigenvalue weighted by atomic mass is 32.2. The lowest BCUT2D eigenvalue weighted by atomic mass is 10.0. The summed E-state index contributed by atoms with van der Waals surface area (Å²) in [6, 6.07) is 16.2. The molecule has 1 aliphatic rings. The monoisotopic (exact) mass is 608 g/mol. The van der Waals surface area contributed by atoms with Crippen molar-refractivity contribution in [3.63, 3.8) is 0 Å². The van der Waals surface area contributed by atoms with Crippen LogP contribution >= 0.6 is 12.2 Å². The molecule has 0 spiro atoms. The van der Waals surface area contributed by atoms with Gasteiger partial charge in [0, 0.05) is 17.4 Å². The van der Waals surface area contributed by atoms with Crippen molar-refractivity contribution in [2.75, 3.05) is 23.0 Å². The Morgan fingerprint density at radius 1 is 1.05 bits per heavy atom. The van der Waals surface area contributed by atoms with Crippen LogP contribution < -0.4 is 19.7 Å². The molecular formula is C28H24N4O8S2. The highest BCUT2D eigenvalue weighted by Gasteiger charge is 2.43. The number of hydrogen-bond acceptors (Lipinski definition) is 8. The Morgan fingerprint density at radius 3 is 2.36 bits per heavy atom. The van der Waals surface area contributed by atoms with Crippen LogP contribution in [0.4, 0.5) is 11.4 Å². The number of aromatic nitrogens is 1. The van der Waals surface area contributed by atoms with Crippen LogP contribution in [0.2, 0.25) is 0 Å². The second-order valence-electron chi connectivity index (χ2n) is 9.37. The fourth-order valence-corrected chi connectivity index (χ4v) is 5.64. The Hall–Kier alpha value is -4.95. The molecule has 0 radical (unpaired) electrons. The molecule has 0 aliphatic carbocycles. The highest BCUT2D eigenvalue weighted by molar-refractivity contribution is 7.92. The number of hydrogen-bond donors (Lipinski definition) is 4. The van der Waals surface area contributed by atoms with E-state index in [1.165, 1.54) is 19.2 Å². The molecule has 1 saturated heterocycles. The van der Waals surface area contributed by atoms with E-state index in [0.29, 0.717) is 28.0 Å². The number of methoxy groups -OCH3 is 1. The third kappa shape index (κ3) is 5.75. The van der Waals surface area contributed by atoms with Crippen molar-refractivity contribution < 1.29 is 37.4 Å². The molecular weight excluding hydrogens is 584 g/mol. The summed E-state index contributed by atoms with van der Waals surface area (Å²) in [4.78, 5) is 29.6. The van der Waals surface area contributed by atoms with E-state index in [1.807, 2.05) is 12.1 Å². The second-order valence-corrected chi connectivity index (χ2v) is 11.5. The number of furan rings is 1. The van der Waals surface area contributed by atoms with Crippen LogP contribution in [0.1, 0.15) is 44.3 Å². The molecule has 14 heteroatoms. The van der Waals surface area contributed by atoms with Gasteiger partial charge in [-0.15, -0.1) is 0 Å². The fourth-order valence-electron chi connectivity index (χ4n) is 4.73. The quantitative estimate of drug-likeness (QED) is 0.199. The molecule has 2 aromatic carbocycles. The number of benzene rings is 2. The maximum atomic E-state index is 12.0. The van der Waals surface area contributed by atoms with Gasteiger partial charge in [0.05, 0.1) is 41.9 Å². The predicted octanol–water partition coefficient (Wildman–Crippen LogP) is 4.30. The number of carboxylic acid groups (broad SMARTS) is 2. The van der Waals surface area contributed by atoms with Gasteiger partial charge >= 0.3 is 11.9 Å². The van der Waals surface area contributed by atoms with Crippen molar-refractivity contribution in [2.45, 2.75) is 12.1 Å². The van der Waals surface area contributed by atoms with Gasteiger partial charge in [0.15, 0.2) is 5.11 Å². The number of ether oxygens (including phenoxy) is 1. The first-order valence-corrected chi connectivity index (χ1v) is 14.6. The number of nitrogens with one attached hydrogen (secondary N) is 2. The average molecular weight is 609 g/mol. The van der Waals surface area contributed by atoms with Crippen molar-refractivity contribution in [2.24, 2.45) is 0 Å². The summed E-state index contributed by atoms with van der Waals surface area (Å²) in [7, 11) is -2.22. The minimum atomic E-state index is -3.64. The van der Waals surface area contributed by atoms with E-state index in [2.05, 4.69) is 15.0 Å². The first-order valence-electron chi connectivity index (χ1n) is 12.3. The predicted molar refractivity (Wildman–Crippen MR) is 157 cm³/mol. The average Bonchev–Trinajstić information content (AvgIpc) is 3.57. The summed E-state index contributed by atoms with van der Waals surface area (Å²) in [6.07, 6.45) is 2.67. The van der Waals surface area contributed by atoms with Crippen LogP contribution in [0.15, 0.2) is 77.3 Å². The summed E-state index contributed by atoms with van der Waals surface area (Å²) in [6.45, 7) is 0. The number of carbonyl (C=O) groups is 2. The SMILES string of the molecule is COc1ccc(N2C(=S)NC(c3ccccn3)C2c2ccc(-c3cc(C(=O)O)cc(C(=O)O)c3)o2)cc1NS(C)(=O)=O. The van der Waals surface area contributed by atoms with Gasteiger partial charge in [0.25, 0.3) is 0 Å². The van der Waals surface area contributed by atoms with Crippen LogP contribution in [0.25, 0.3) is 11.3 Å². The van der Waals surface area contributed by atoms with Crippen molar-refractivity contribution in [1.82, 2.24) is 10.3 Å². The van der Waals surface area contributed by atoms with E-state index < -0.39 is 34.0 Å². The summed E-state index contributed by atoms with van der Waals surface area (Å²) in [5.41, 5.74) is 1.22. The molecule has 4 N–H and O–H groups in total. The van der Waals surface area contributed by atoms with Gasteiger partial charge in [0.1, 0.15) is 23.3 Å². The number of rotatable bonds is 9. The lowest BCUT2D eigenvalue weighted by molar-refractivity contribution is 0.0696. The zero-order valence-electron chi connectivity index (χ0n) is 22.1. The van der Waals surface area contributed by atoms with Gasteiger partial charge in [-0.1, -0.05) is 6.07 Å². The summed E-state index contributed by atoms with van der Waals surface area (Å²) in [5, 5.41) is 22.6. The molecule has 0 amide bonds. The van der Waals surface area contributed by atoms with Crippen LogP contribution in [-0.4, -0.2) is 54.0 Å². The molecule has 216 valence electrons. The van der Waals surface area contributed by atoms with Gasteiger partial charge in [0.2, 0.25) is 10.0 Å². The van der Waals surface area contributed by atoms with Gasteiger partial charge in [-0.2, -0.15) is 0 Å². The highest BCUT2D eigenvalue weighted by Crippen LogP contribution is 2.44. The lowest BCUT2D eigenvalue weighted by Crippen LogP contribution is -2.29. The smallest absolute Gasteiger partial charge is 0.335 e. The van der Waals surface area contributed by atoms with E-state index in [0.717, 1.165) is 12.3 Å². The maximum absolute atomic E-state index is 12.0. The topological polar surface area (TPSA) is 171 Å². The number of thiocarbonyl (C=S) groups is 1. The number of anilines is 2. The molecule has 0 saturated carbocycles. The Balaban J connectivity index is 1.63. The van der Waals surface area contributed by atoms with Crippen molar-refractivity contribution >= 4 is 50.7 Å². The van der Waals surface area contributed by atoms with Crippen LogP contribution in [0.5, 0.6) is 5.75 Å². The van der Waals surface area contributed by atoms with Crippen LogP contribution in [-0.2, 0) is 10.0 Å². The third-order valence-electron chi connectivity index (χ3n) is 6.48. The minimum absolute atomic E-state index is 0.201. The minimum Gasteiger partial charge on any atom is -0.495 e. The zero-order chi connectivity index (χ0) is 30.2. The molecule has 2 aromatic heterocycles. The molecule has 2 unspecified atom stereocenters. The van der Waals surface area contributed by atoms with E-state index in [9.17, 15) is 28.2 Å². The molecule has 1 aliphatic heterocycles. The van der Waals surface area contributed by atoms with Crippen LogP contribution in [0, 0.1) is 0 Å². The van der Waals surface area contributed by atoms with E-state index in [4.69, 9.17) is 21.4 Å². The molecule has 0 bridgehead atoms. The molecule has 3 heterocycles. The second kappa shape index (κ2) is 11.1. The molecule has 4 aromatic rings. The number of nitrogens with zero attached hydrogens (tertiary/aromatic N) is 2. The normalized spacial score (nSPS) is 16.6. The Labute approximate surface area is 245 Å². The first-order chi connectivity index (χ1) is 19.9. The van der Waals surface area contributed by atoms with Gasteiger partial charge < -0.3 is 29.6 Å². The van der Waals surface area contributed by atoms with Gasteiger partial charge in [-0.25, -0.2) is 18.0 Å². The van der Waals surface area contributed by atoms with Gasteiger partial charge in [-0.3, -0.25) is 9.71 Å². The van der Waals surface area contributed by atoms with E-state index in [1.54, 1.807) is 47.5 Å². The largest absolute Gasteiger partial charge is 0.495 e. The zero-order valence-corrected chi connectivity index (χ0v) is 23.8. The number of sulfonamides is 1. The number of pyridine rings is 1. The summed E-state index contributed by atoms with van der Waals surface area (Å²) in [5.74, 6) is -1.62. The van der Waals surface area contributed by atoms with Gasteiger partial charge in [-0.05, 0) is 72.9 Å². The molecule has 12 nitrogen and oxygen atoms in total. The van der Waals surface area contributed by atoms with Crippen LogP contribution in [0.3, 0.4) is 0 Å². The lowest BCUT2D eigenvalue weighted by Gasteiger charge is -2.27. The Morgan fingerprint density at radius 2 is 1.76 bits per heavy atom. The standard InChI is InChI=1S/C28H24N4O8S2/c1-39-22-7-6-18(14-20(22)31-42(2,37)38)32-25(24(30-28(32)41)19-5-3-4-10-29-19)23-9-8-21(40-23)15-11-16(26(33)34)13-17(12-15)27(35)36/h3-14,24-25,31H,1-2H3,(H,30,41)(H,33,34)(H,35,36). The molecule has 5 rings (SSSR count). The van der Waals surface area contributed by atoms with Crippen molar-refractivity contribution in [1.29, 1.82) is 0 Å². The van der Waals surface area contributed by atoms with Crippen molar-refractivity contribution in [3.8, 4) is 17.1 Å². The Kier molecular flexibility index (Phi) is 7.58. The summed E-state index contributed by atoms with van der Waals surface area (Å²) < 4.78 is 38.1. The number of carboxylic acids is 2. The fraction of sp³-hybridized carbons (Fsp3) is 0.143. The maximum Gasteiger partial charge on any atom is 0.335 e. The van der Waals surface area contributed by atoms with E-state index in [-0.39, 0.29) is 28.1 Å². The molecule has 1 fully saturated rings. The number of aromatic carboxylic acids is 2. The van der Waals surface area contributed by atoms with E-state index >= 15 is 0 Å². The van der Waals surface area contributed by atoms with Crippen molar-refractivity contribution in [3.05, 3.63) is 95.5 Å². The summed E-state index contributed by atoms with van der Waals surface area (Å²) >= 11 is 5.73. The molecule has 2 atom stereocenters. The third-order valence-corrected chi connectivity index (χ3v) is 7.39.